The number of ketones is 1. The first-order chi connectivity index (χ1) is 4.91. The molecule has 0 aromatic carbocycles. The topological polar surface area (TPSA) is 17.1 Å². The van der Waals surface area contributed by atoms with Crippen molar-refractivity contribution in [3.63, 3.8) is 0 Å². The molecule has 0 aromatic rings. The van der Waals surface area contributed by atoms with E-state index in [-0.39, 0.29) is 0 Å². The molecule has 0 aromatic heterocycles. The average Bonchev–Trinajstić information content (AvgIpc) is 2.08. The second kappa shape index (κ2) is 2.62. The van der Waals surface area contributed by atoms with Crippen LogP contribution in [0.25, 0.3) is 0 Å². The Labute approximate surface area is 69.2 Å². The van der Waals surface area contributed by atoms with Gasteiger partial charge in [-0.3, -0.25) is 4.79 Å². The van der Waals surface area contributed by atoms with E-state index in [0.717, 1.165) is 12.8 Å². The highest BCUT2D eigenvalue weighted by Gasteiger charge is 2.37. The molecular formula is C10H18O. The van der Waals surface area contributed by atoms with E-state index < -0.39 is 0 Å². The monoisotopic (exact) mass is 154 g/mol. The van der Waals surface area contributed by atoms with E-state index in [1.807, 2.05) is 0 Å². The fraction of sp³-hybridized carbons (Fsp3) is 0.900. The zero-order valence-corrected chi connectivity index (χ0v) is 7.98. The minimum atomic E-state index is 0.311. The number of carbonyl (C=O) groups excluding carboxylic acids is 1. The SMILES string of the molecule is C[C@@H]1CC(=O)C[C@H]1C(C)(C)C. The van der Waals surface area contributed by atoms with Crippen molar-refractivity contribution in [2.75, 3.05) is 0 Å². The van der Waals surface area contributed by atoms with Gasteiger partial charge in [0.2, 0.25) is 0 Å². The van der Waals surface area contributed by atoms with Crippen molar-refractivity contribution in [2.24, 2.45) is 17.3 Å². The first kappa shape index (κ1) is 8.76. The maximum Gasteiger partial charge on any atom is 0.133 e. The zero-order chi connectivity index (χ0) is 8.65. The summed E-state index contributed by atoms with van der Waals surface area (Å²) in [6, 6.07) is 0. The molecule has 11 heavy (non-hydrogen) atoms. The summed E-state index contributed by atoms with van der Waals surface area (Å²) in [6.07, 6.45) is 1.62. The first-order valence-corrected chi connectivity index (χ1v) is 4.43. The molecule has 0 amide bonds. The number of Topliss-reactive ketones (excluding diaryl/α,β-unsaturated/α-hetero) is 1. The van der Waals surface area contributed by atoms with Gasteiger partial charge in [0.05, 0.1) is 0 Å². The predicted octanol–water partition coefficient (Wildman–Crippen LogP) is 2.65. The molecule has 1 fully saturated rings. The van der Waals surface area contributed by atoms with Gasteiger partial charge in [0.25, 0.3) is 0 Å². The number of hydrogen-bond acceptors (Lipinski definition) is 1. The minimum Gasteiger partial charge on any atom is -0.300 e. The average molecular weight is 154 g/mol. The minimum absolute atomic E-state index is 0.311. The molecule has 0 unspecified atom stereocenters. The van der Waals surface area contributed by atoms with Crippen LogP contribution < -0.4 is 0 Å². The van der Waals surface area contributed by atoms with Crippen LogP contribution in [0.4, 0.5) is 0 Å². The number of rotatable bonds is 0. The van der Waals surface area contributed by atoms with Crippen LogP contribution in [0.1, 0.15) is 40.5 Å². The fourth-order valence-electron chi connectivity index (χ4n) is 2.19. The van der Waals surface area contributed by atoms with Gasteiger partial charge in [-0.05, 0) is 17.3 Å². The Bertz CT molecular complexity index is 164. The summed E-state index contributed by atoms with van der Waals surface area (Å²) in [5.74, 6) is 1.66. The van der Waals surface area contributed by atoms with Gasteiger partial charge in [0.15, 0.2) is 0 Å². The maximum absolute atomic E-state index is 11.1. The van der Waals surface area contributed by atoms with E-state index in [0.29, 0.717) is 23.0 Å². The molecule has 0 saturated heterocycles. The number of carbonyl (C=O) groups is 1. The first-order valence-electron chi connectivity index (χ1n) is 4.43. The molecular weight excluding hydrogens is 136 g/mol. The highest BCUT2D eigenvalue weighted by atomic mass is 16.1. The van der Waals surface area contributed by atoms with Crippen molar-refractivity contribution in [2.45, 2.75) is 40.5 Å². The van der Waals surface area contributed by atoms with Crippen molar-refractivity contribution >= 4 is 5.78 Å². The molecule has 2 atom stereocenters. The molecule has 0 bridgehead atoms. The van der Waals surface area contributed by atoms with Gasteiger partial charge in [-0.25, -0.2) is 0 Å². The highest BCUT2D eigenvalue weighted by Crippen LogP contribution is 2.41. The second-order valence-electron chi connectivity index (χ2n) is 4.90. The van der Waals surface area contributed by atoms with Crippen molar-refractivity contribution in [1.29, 1.82) is 0 Å². The van der Waals surface area contributed by atoms with Crippen LogP contribution in [0.2, 0.25) is 0 Å². The Kier molecular flexibility index (Phi) is 2.08. The van der Waals surface area contributed by atoms with E-state index >= 15 is 0 Å². The normalized spacial score (nSPS) is 32.9. The Morgan fingerprint density at radius 3 is 2.00 bits per heavy atom. The molecule has 0 N–H and O–H groups in total. The summed E-state index contributed by atoms with van der Waals surface area (Å²) < 4.78 is 0. The largest absolute Gasteiger partial charge is 0.300 e. The van der Waals surface area contributed by atoms with Crippen molar-refractivity contribution in [1.82, 2.24) is 0 Å². The van der Waals surface area contributed by atoms with Gasteiger partial charge in [0.1, 0.15) is 5.78 Å². The van der Waals surface area contributed by atoms with Gasteiger partial charge >= 0.3 is 0 Å². The lowest BCUT2D eigenvalue weighted by molar-refractivity contribution is -0.117. The summed E-state index contributed by atoms with van der Waals surface area (Å²) >= 11 is 0. The Morgan fingerprint density at radius 1 is 1.27 bits per heavy atom. The molecule has 0 heterocycles. The van der Waals surface area contributed by atoms with Crippen LogP contribution in [-0.2, 0) is 4.79 Å². The maximum atomic E-state index is 11.1. The van der Waals surface area contributed by atoms with Crippen LogP contribution in [-0.4, -0.2) is 5.78 Å². The molecule has 1 saturated carbocycles. The molecule has 1 nitrogen and oxygen atoms in total. The lowest BCUT2D eigenvalue weighted by Crippen LogP contribution is -2.22. The third-order valence-electron chi connectivity index (χ3n) is 2.80. The standard InChI is InChI=1S/C10H18O/c1-7-5-8(11)6-9(7)10(2,3)4/h7,9H,5-6H2,1-4H3/t7-,9-/m1/s1. The molecule has 1 rings (SSSR count). The van der Waals surface area contributed by atoms with Gasteiger partial charge in [-0.2, -0.15) is 0 Å². The Morgan fingerprint density at radius 2 is 1.82 bits per heavy atom. The third-order valence-corrected chi connectivity index (χ3v) is 2.80. The summed E-state index contributed by atoms with van der Waals surface area (Å²) in [5.41, 5.74) is 0.311. The van der Waals surface area contributed by atoms with Gasteiger partial charge < -0.3 is 0 Å². The molecule has 0 aliphatic heterocycles. The van der Waals surface area contributed by atoms with Gasteiger partial charge in [0, 0.05) is 12.8 Å². The summed E-state index contributed by atoms with van der Waals surface area (Å²) in [4.78, 5) is 11.1. The van der Waals surface area contributed by atoms with E-state index in [4.69, 9.17) is 0 Å². The third kappa shape index (κ3) is 1.82. The van der Waals surface area contributed by atoms with E-state index in [1.54, 1.807) is 0 Å². The molecule has 1 heteroatoms. The Hall–Kier alpha value is -0.330. The Balaban J connectivity index is 2.67. The smallest absolute Gasteiger partial charge is 0.133 e. The van der Waals surface area contributed by atoms with Crippen LogP contribution in [0, 0.1) is 17.3 Å². The predicted molar refractivity (Wildman–Crippen MR) is 46.4 cm³/mol. The van der Waals surface area contributed by atoms with Gasteiger partial charge in [-0.15, -0.1) is 0 Å². The lowest BCUT2D eigenvalue weighted by atomic mass is 9.75. The van der Waals surface area contributed by atoms with Crippen molar-refractivity contribution in [3.8, 4) is 0 Å². The molecule has 0 spiro atoms. The van der Waals surface area contributed by atoms with E-state index in [9.17, 15) is 4.79 Å². The van der Waals surface area contributed by atoms with Crippen LogP contribution in [0.5, 0.6) is 0 Å². The van der Waals surface area contributed by atoms with E-state index in [1.165, 1.54) is 0 Å². The zero-order valence-electron chi connectivity index (χ0n) is 7.98. The lowest BCUT2D eigenvalue weighted by Gasteiger charge is -2.29. The van der Waals surface area contributed by atoms with Crippen LogP contribution in [0.3, 0.4) is 0 Å². The van der Waals surface area contributed by atoms with E-state index in [2.05, 4.69) is 27.7 Å². The van der Waals surface area contributed by atoms with Crippen LogP contribution >= 0.6 is 0 Å². The molecule has 64 valence electrons. The molecule has 1 aliphatic rings. The summed E-state index contributed by atoms with van der Waals surface area (Å²) in [7, 11) is 0. The summed E-state index contributed by atoms with van der Waals surface area (Å²) in [5, 5.41) is 0. The second-order valence-corrected chi connectivity index (χ2v) is 4.90. The summed E-state index contributed by atoms with van der Waals surface area (Å²) in [6.45, 7) is 8.88. The fourth-order valence-corrected chi connectivity index (χ4v) is 2.19. The molecule has 0 radical (unpaired) electrons. The highest BCUT2D eigenvalue weighted by molar-refractivity contribution is 5.81. The van der Waals surface area contributed by atoms with Crippen molar-refractivity contribution < 1.29 is 4.79 Å². The molecule has 1 aliphatic carbocycles. The quantitative estimate of drug-likeness (QED) is 0.524. The van der Waals surface area contributed by atoms with Crippen molar-refractivity contribution in [3.05, 3.63) is 0 Å². The van der Waals surface area contributed by atoms with Gasteiger partial charge in [-0.1, -0.05) is 27.7 Å². The van der Waals surface area contributed by atoms with Crippen LogP contribution in [0.15, 0.2) is 0 Å². The number of hydrogen-bond donors (Lipinski definition) is 0.